The Kier molecular flexibility index (Phi) is 6.43. The van der Waals surface area contributed by atoms with Gasteiger partial charge in [-0.1, -0.05) is 0 Å². The van der Waals surface area contributed by atoms with Gasteiger partial charge in [0.15, 0.2) is 17.7 Å². The van der Waals surface area contributed by atoms with E-state index in [-0.39, 0.29) is 11.7 Å². The molecule has 2 aliphatic heterocycles. The molecule has 5 nitrogen and oxygen atoms in total. The summed E-state index contributed by atoms with van der Waals surface area (Å²) in [5.41, 5.74) is 0. The van der Waals surface area contributed by atoms with E-state index >= 15 is 0 Å². The van der Waals surface area contributed by atoms with Crippen LogP contribution in [0.25, 0.3) is 0 Å². The second-order valence-electron chi connectivity index (χ2n) is 7.02. The number of likely N-dealkylation sites (tertiary alicyclic amines) is 1. The fourth-order valence-electron chi connectivity index (χ4n) is 3.55. The van der Waals surface area contributed by atoms with E-state index < -0.39 is 17.7 Å². The van der Waals surface area contributed by atoms with Crippen LogP contribution in [0.15, 0.2) is 18.2 Å². The van der Waals surface area contributed by atoms with Crippen LogP contribution in [0.5, 0.6) is 5.75 Å². The van der Waals surface area contributed by atoms with Crippen LogP contribution in [0.2, 0.25) is 0 Å². The number of piperidine rings is 1. The van der Waals surface area contributed by atoms with Gasteiger partial charge in [0.2, 0.25) is 0 Å². The molecule has 0 aliphatic carbocycles. The van der Waals surface area contributed by atoms with E-state index in [0.29, 0.717) is 19.0 Å². The van der Waals surface area contributed by atoms with E-state index in [2.05, 4.69) is 4.90 Å². The lowest BCUT2D eigenvalue weighted by Gasteiger charge is -2.36. The number of nitrogens with zero attached hydrogens (tertiary/aromatic N) is 2. The van der Waals surface area contributed by atoms with Gasteiger partial charge in [0.25, 0.3) is 5.91 Å². The highest BCUT2D eigenvalue weighted by atomic mass is 19.1. The summed E-state index contributed by atoms with van der Waals surface area (Å²) >= 11 is 0. The summed E-state index contributed by atoms with van der Waals surface area (Å²) in [4.78, 5) is 16.8. The van der Waals surface area contributed by atoms with E-state index in [9.17, 15) is 13.6 Å². The van der Waals surface area contributed by atoms with Gasteiger partial charge in [0.1, 0.15) is 5.82 Å². The average Bonchev–Trinajstić information content (AvgIpc) is 2.65. The van der Waals surface area contributed by atoms with Crippen LogP contribution in [0.1, 0.15) is 19.8 Å². The second-order valence-corrected chi connectivity index (χ2v) is 7.02. The molecule has 2 saturated heterocycles. The Morgan fingerprint density at radius 1 is 1.23 bits per heavy atom. The highest BCUT2D eigenvalue weighted by Gasteiger charge is 2.28. The molecule has 144 valence electrons. The van der Waals surface area contributed by atoms with E-state index in [1.54, 1.807) is 11.8 Å². The normalized spacial score (nSPS) is 20.8. The molecule has 0 spiro atoms. The first-order valence-corrected chi connectivity index (χ1v) is 9.23. The first-order chi connectivity index (χ1) is 12.5. The van der Waals surface area contributed by atoms with Gasteiger partial charge in [0.05, 0.1) is 13.2 Å². The zero-order valence-corrected chi connectivity index (χ0v) is 15.1. The number of amides is 1. The predicted octanol–water partition coefficient (Wildman–Crippen LogP) is 2.30. The van der Waals surface area contributed by atoms with Gasteiger partial charge >= 0.3 is 0 Å². The summed E-state index contributed by atoms with van der Waals surface area (Å²) in [6.45, 7) is 7.59. The minimum Gasteiger partial charge on any atom is -0.478 e. The van der Waals surface area contributed by atoms with E-state index in [1.807, 2.05) is 0 Å². The highest BCUT2D eigenvalue weighted by Crippen LogP contribution is 2.22. The quantitative estimate of drug-likeness (QED) is 0.800. The molecule has 1 atom stereocenters. The molecule has 2 heterocycles. The van der Waals surface area contributed by atoms with Crippen molar-refractivity contribution in [3.8, 4) is 5.75 Å². The van der Waals surface area contributed by atoms with Crippen LogP contribution in [0.3, 0.4) is 0 Å². The van der Waals surface area contributed by atoms with Crippen LogP contribution in [0.4, 0.5) is 8.78 Å². The maximum Gasteiger partial charge on any atom is 0.263 e. The number of benzene rings is 1. The molecular formula is C19H26F2N2O3. The summed E-state index contributed by atoms with van der Waals surface area (Å²) in [5.74, 6) is -1.14. The van der Waals surface area contributed by atoms with Crippen molar-refractivity contribution in [3.05, 3.63) is 29.8 Å². The summed E-state index contributed by atoms with van der Waals surface area (Å²) in [5, 5.41) is 0. The van der Waals surface area contributed by atoms with E-state index in [0.717, 1.165) is 57.8 Å². The van der Waals surface area contributed by atoms with Crippen molar-refractivity contribution < 1.29 is 23.0 Å². The van der Waals surface area contributed by atoms with E-state index in [4.69, 9.17) is 9.47 Å². The standard InChI is InChI=1S/C19H26F2N2O3/c1-14(26-18-3-2-16(20)12-17(18)21)19(24)23-6-4-15(5-7-23)13-22-8-10-25-11-9-22/h2-3,12,14-15H,4-11,13H2,1H3/t14-/m1/s1. The maximum absolute atomic E-state index is 13.7. The van der Waals surface area contributed by atoms with Gasteiger partial charge in [-0.3, -0.25) is 9.69 Å². The first-order valence-electron chi connectivity index (χ1n) is 9.23. The largest absolute Gasteiger partial charge is 0.478 e. The molecule has 3 rings (SSSR count). The van der Waals surface area contributed by atoms with Crippen molar-refractivity contribution in [1.82, 2.24) is 9.80 Å². The summed E-state index contributed by atoms with van der Waals surface area (Å²) in [6.07, 6.45) is 1.12. The molecule has 0 saturated carbocycles. The van der Waals surface area contributed by atoms with Gasteiger partial charge in [-0.05, 0) is 37.8 Å². The second kappa shape index (κ2) is 8.77. The lowest BCUT2D eigenvalue weighted by molar-refractivity contribution is -0.139. The monoisotopic (exact) mass is 368 g/mol. The number of carbonyl (C=O) groups excluding carboxylic acids is 1. The van der Waals surface area contributed by atoms with Crippen LogP contribution in [0, 0.1) is 17.6 Å². The third-order valence-electron chi connectivity index (χ3n) is 5.09. The lowest BCUT2D eigenvalue weighted by atomic mass is 9.95. The molecule has 0 unspecified atom stereocenters. The number of carbonyl (C=O) groups is 1. The summed E-state index contributed by atoms with van der Waals surface area (Å²) in [7, 11) is 0. The van der Waals surface area contributed by atoms with Crippen LogP contribution >= 0.6 is 0 Å². The molecule has 2 fully saturated rings. The minimum atomic E-state index is -0.800. The Morgan fingerprint density at radius 2 is 1.92 bits per heavy atom. The molecule has 1 amide bonds. The Morgan fingerprint density at radius 3 is 2.58 bits per heavy atom. The Bertz CT molecular complexity index is 615. The fourth-order valence-corrected chi connectivity index (χ4v) is 3.55. The molecule has 0 radical (unpaired) electrons. The molecule has 7 heteroatoms. The van der Waals surface area contributed by atoms with Crippen LogP contribution in [-0.2, 0) is 9.53 Å². The number of morpholine rings is 1. The van der Waals surface area contributed by atoms with Gasteiger partial charge in [-0.2, -0.15) is 0 Å². The van der Waals surface area contributed by atoms with Gasteiger partial charge in [-0.25, -0.2) is 8.78 Å². The van der Waals surface area contributed by atoms with Crippen LogP contribution < -0.4 is 4.74 Å². The van der Waals surface area contributed by atoms with E-state index in [1.165, 1.54) is 6.07 Å². The Balaban J connectivity index is 1.46. The molecule has 2 aliphatic rings. The van der Waals surface area contributed by atoms with Crippen molar-refractivity contribution in [2.75, 3.05) is 45.9 Å². The van der Waals surface area contributed by atoms with Gasteiger partial charge in [-0.15, -0.1) is 0 Å². The van der Waals surface area contributed by atoms with Crippen molar-refractivity contribution in [1.29, 1.82) is 0 Å². The predicted molar refractivity (Wildman–Crippen MR) is 93.0 cm³/mol. The Hall–Kier alpha value is -1.73. The number of halogens is 2. The van der Waals surface area contributed by atoms with Crippen molar-refractivity contribution in [2.45, 2.75) is 25.9 Å². The highest BCUT2D eigenvalue weighted by molar-refractivity contribution is 5.81. The number of ether oxygens (including phenoxy) is 2. The maximum atomic E-state index is 13.7. The third-order valence-corrected chi connectivity index (χ3v) is 5.09. The van der Waals surface area contributed by atoms with Crippen molar-refractivity contribution in [3.63, 3.8) is 0 Å². The van der Waals surface area contributed by atoms with Crippen molar-refractivity contribution >= 4 is 5.91 Å². The number of hydrogen-bond acceptors (Lipinski definition) is 4. The number of hydrogen-bond donors (Lipinski definition) is 0. The minimum absolute atomic E-state index is 0.102. The van der Waals surface area contributed by atoms with Gasteiger partial charge < -0.3 is 14.4 Å². The third kappa shape index (κ3) is 4.92. The zero-order valence-electron chi connectivity index (χ0n) is 15.1. The molecule has 26 heavy (non-hydrogen) atoms. The smallest absolute Gasteiger partial charge is 0.263 e. The molecular weight excluding hydrogens is 342 g/mol. The zero-order chi connectivity index (χ0) is 18.5. The Labute approximate surface area is 152 Å². The van der Waals surface area contributed by atoms with Crippen LogP contribution in [-0.4, -0.2) is 67.7 Å². The topological polar surface area (TPSA) is 42.0 Å². The molecule has 0 aromatic heterocycles. The molecule has 1 aromatic carbocycles. The van der Waals surface area contributed by atoms with Crippen molar-refractivity contribution in [2.24, 2.45) is 5.92 Å². The first kappa shape index (κ1) is 19.0. The summed E-state index contributed by atoms with van der Waals surface area (Å²) in [6, 6.07) is 3.08. The SMILES string of the molecule is C[C@@H](Oc1ccc(F)cc1F)C(=O)N1CCC(CN2CCOCC2)CC1. The average molecular weight is 368 g/mol. The lowest BCUT2D eigenvalue weighted by Crippen LogP contribution is -2.47. The van der Waals surface area contributed by atoms with Gasteiger partial charge in [0, 0.05) is 38.8 Å². The number of rotatable bonds is 5. The molecule has 0 N–H and O–H groups in total. The fraction of sp³-hybridized carbons (Fsp3) is 0.632. The molecule has 0 bridgehead atoms. The molecule has 1 aromatic rings. The summed E-state index contributed by atoms with van der Waals surface area (Å²) < 4.78 is 37.4.